The van der Waals surface area contributed by atoms with E-state index in [1.807, 2.05) is 0 Å². The first-order valence-electron chi connectivity index (χ1n) is 12.8. The van der Waals surface area contributed by atoms with Gasteiger partial charge in [-0.05, 0) is 32.3 Å². The number of pyridine rings is 1. The summed E-state index contributed by atoms with van der Waals surface area (Å²) in [4.78, 5) is 20.8. The lowest BCUT2D eigenvalue weighted by Gasteiger charge is -2.36. The Hall–Kier alpha value is -2.03. The fourth-order valence-corrected chi connectivity index (χ4v) is 6.23. The SMILES string of the molecule is CCCCN(CCCC)c1ncnc2c1sc1nc(N3CCOCC3)c3c(c12)CC(C)(C)OC3. The summed E-state index contributed by atoms with van der Waals surface area (Å²) in [6.07, 6.45) is 7.30. The minimum absolute atomic E-state index is 0.206. The molecule has 1 fully saturated rings. The molecule has 5 heterocycles. The van der Waals surface area contributed by atoms with Crippen molar-refractivity contribution in [2.45, 2.75) is 72.0 Å². The molecule has 3 aromatic rings. The van der Waals surface area contributed by atoms with Gasteiger partial charge < -0.3 is 19.3 Å². The molecule has 7 nitrogen and oxygen atoms in total. The maximum absolute atomic E-state index is 6.28. The standard InChI is InChI=1S/C26H37N5O2S/c1-5-7-9-30(10-8-6-2)24-22-21(27-17-28-24)20-18-15-26(3,4)33-16-19(18)23(29-25(20)34-22)31-11-13-32-14-12-31/h17H,5-16H2,1-4H3. The third-order valence-electron chi connectivity index (χ3n) is 6.96. The van der Waals surface area contributed by atoms with Gasteiger partial charge in [0.2, 0.25) is 0 Å². The Kier molecular flexibility index (Phi) is 6.91. The van der Waals surface area contributed by atoms with Crippen molar-refractivity contribution in [3.05, 3.63) is 17.5 Å². The highest BCUT2D eigenvalue weighted by atomic mass is 32.1. The fourth-order valence-electron chi connectivity index (χ4n) is 5.06. The molecule has 0 N–H and O–H groups in total. The van der Waals surface area contributed by atoms with E-state index in [9.17, 15) is 0 Å². The van der Waals surface area contributed by atoms with E-state index in [2.05, 4.69) is 37.5 Å². The van der Waals surface area contributed by atoms with Gasteiger partial charge in [0.05, 0.1) is 35.6 Å². The first-order chi connectivity index (χ1) is 16.5. The summed E-state index contributed by atoms with van der Waals surface area (Å²) in [6, 6.07) is 0. The molecule has 2 aliphatic rings. The van der Waals surface area contributed by atoms with E-state index in [1.165, 1.54) is 46.9 Å². The Labute approximate surface area is 206 Å². The van der Waals surface area contributed by atoms with E-state index in [4.69, 9.17) is 24.4 Å². The van der Waals surface area contributed by atoms with E-state index >= 15 is 0 Å². The summed E-state index contributed by atoms with van der Waals surface area (Å²) < 4.78 is 13.1. The fraction of sp³-hybridized carbons (Fsp3) is 0.654. The lowest BCUT2D eigenvalue weighted by Crippen LogP contribution is -2.39. The van der Waals surface area contributed by atoms with Crippen molar-refractivity contribution < 1.29 is 9.47 Å². The molecular weight excluding hydrogens is 446 g/mol. The maximum atomic E-state index is 6.28. The predicted octanol–water partition coefficient (Wildman–Crippen LogP) is 5.33. The van der Waals surface area contributed by atoms with Crippen LogP contribution in [0, 0.1) is 0 Å². The summed E-state index contributed by atoms with van der Waals surface area (Å²) >= 11 is 1.76. The molecule has 0 aliphatic carbocycles. The minimum Gasteiger partial charge on any atom is -0.378 e. The number of morpholine rings is 1. The van der Waals surface area contributed by atoms with E-state index in [0.717, 1.165) is 67.8 Å². The Bertz CT molecular complexity index is 1150. The van der Waals surface area contributed by atoms with Gasteiger partial charge in [-0.1, -0.05) is 26.7 Å². The van der Waals surface area contributed by atoms with E-state index in [-0.39, 0.29) is 5.60 Å². The average Bonchev–Trinajstić information content (AvgIpc) is 3.23. The molecule has 0 aromatic carbocycles. The molecule has 1 saturated heterocycles. The summed E-state index contributed by atoms with van der Waals surface area (Å²) in [5.41, 5.74) is 3.43. The largest absolute Gasteiger partial charge is 0.378 e. The van der Waals surface area contributed by atoms with Crippen LogP contribution in [0.1, 0.15) is 64.5 Å². The molecule has 3 aromatic heterocycles. The van der Waals surface area contributed by atoms with Crippen molar-refractivity contribution >= 4 is 43.4 Å². The van der Waals surface area contributed by atoms with Gasteiger partial charge in [-0.15, -0.1) is 11.3 Å². The monoisotopic (exact) mass is 483 g/mol. The third-order valence-corrected chi connectivity index (χ3v) is 8.03. The van der Waals surface area contributed by atoms with Gasteiger partial charge in [-0.3, -0.25) is 0 Å². The van der Waals surface area contributed by atoms with Crippen molar-refractivity contribution in [1.29, 1.82) is 0 Å². The van der Waals surface area contributed by atoms with Crippen molar-refractivity contribution in [2.24, 2.45) is 0 Å². The number of anilines is 2. The molecule has 0 spiro atoms. The van der Waals surface area contributed by atoms with E-state index in [0.29, 0.717) is 6.61 Å². The molecule has 0 unspecified atom stereocenters. The Morgan fingerprint density at radius 1 is 1.06 bits per heavy atom. The average molecular weight is 484 g/mol. The molecule has 34 heavy (non-hydrogen) atoms. The zero-order chi connectivity index (χ0) is 23.7. The molecule has 8 heteroatoms. The lowest BCUT2D eigenvalue weighted by molar-refractivity contribution is -0.0396. The van der Waals surface area contributed by atoms with E-state index in [1.54, 1.807) is 17.7 Å². The second-order valence-corrected chi connectivity index (χ2v) is 11.1. The Morgan fingerprint density at radius 2 is 1.79 bits per heavy atom. The minimum atomic E-state index is -0.206. The second-order valence-electron chi connectivity index (χ2n) is 10.1. The van der Waals surface area contributed by atoms with Crippen molar-refractivity contribution in [2.75, 3.05) is 49.2 Å². The van der Waals surface area contributed by atoms with Crippen LogP contribution in [0.15, 0.2) is 6.33 Å². The number of unbranched alkanes of at least 4 members (excludes halogenated alkanes) is 2. The molecule has 2 aliphatic heterocycles. The number of fused-ring (bicyclic) bond motifs is 5. The van der Waals surface area contributed by atoms with Gasteiger partial charge in [-0.25, -0.2) is 15.0 Å². The normalized spacial score (nSPS) is 17.9. The number of hydrogen-bond acceptors (Lipinski definition) is 8. The first-order valence-corrected chi connectivity index (χ1v) is 13.6. The van der Waals surface area contributed by atoms with Crippen LogP contribution < -0.4 is 9.80 Å². The highest BCUT2D eigenvalue weighted by molar-refractivity contribution is 7.26. The topological polar surface area (TPSA) is 63.6 Å². The summed E-state index contributed by atoms with van der Waals surface area (Å²) in [6.45, 7) is 14.7. The van der Waals surface area contributed by atoms with Crippen LogP contribution in [0.3, 0.4) is 0 Å². The number of nitrogens with zero attached hydrogens (tertiary/aromatic N) is 5. The Morgan fingerprint density at radius 3 is 2.50 bits per heavy atom. The number of ether oxygens (including phenoxy) is 2. The van der Waals surface area contributed by atoms with Crippen LogP contribution in [0.5, 0.6) is 0 Å². The molecule has 0 atom stereocenters. The highest BCUT2D eigenvalue weighted by Crippen LogP contribution is 2.44. The molecule has 5 rings (SSSR count). The summed E-state index contributed by atoms with van der Waals surface area (Å²) in [5, 5.41) is 1.21. The van der Waals surface area contributed by atoms with Gasteiger partial charge in [0.15, 0.2) is 0 Å². The summed E-state index contributed by atoms with van der Waals surface area (Å²) in [5.74, 6) is 2.14. The van der Waals surface area contributed by atoms with Crippen LogP contribution in [0.2, 0.25) is 0 Å². The zero-order valence-corrected chi connectivity index (χ0v) is 21.8. The van der Waals surface area contributed by atoms with Gasteiger partial charge in [-0.2, -0.15) is 0 Å². The molecule has 0 radical (unpaired) electrons. The van der Waals surface area contributed by atoms with Crippen LogP contribution >= 0.6 is 11.3 Å². The van der Waals surface area contributed by atoms with Gasteiger partial charge in [0.25, 0.3) is 0 Å². The molecule has 0 bridgehead atoms. The van der Waals surface area contributed by atoms with Crippen LogP contribution in [-0.2, 0) is 22.5 Å². The third kappa shape index (κ3) is 4.48. The van der Waals surface area contributed by atoms with E-state index < -0.39 is 0 Å². The Balaban J connectivity index is 1.70. The van der Waals surface area contributed by atoms with Gasteiger partial charge >= 0.3 is 0 Å². The molecule has 0 saturated carbocycles. The van der Waals surface area contributed by atoms with Crippen molar-refractivity contribution in [3.8, 4) is 0 Å². The quantitative estimate of drug-likeness (QED) is 0.429. The van der Waals surface area contributed by atoms with Crippen molar-refractivity contribution in [1.82, 2.24) is 15.0 Å². The van der Waals surface area contributed by atoms with Gasteiger partial charge in [0.1, 0.15) is 22.8 Å². The lowest BCUT2D eigenvalue weighted by atomic mass is 9.90. The predicted molar refractivity (Wildman–Crippen MR) is 140 cm³/mol. The molecule has 184 valence electrons. The van der Waals surface area contributed by atoms with Crippen LogP contribution in [0.4, 0.5) is 11.6 Å². The molecule has 0 amide bonds. The van der Waals surface area contributed by atoms with Gasteiger partial charge in [0, 0.05) is 43.5 Å². The number of hydrogen-bond donors (Lipinski definition) is 0. The van der Waals surface area contributed by atoms with Crippen molar-refractivity contribution in [3.63, 3.8) is 0 Å². The number of rotatable bonds is 8. The second kappa shape index (κ2) is 9.91. The van der Waals surface area contributed by atoms with Crippen LogP contribution in [0.25, 0.3) is 20.4 Å². The number of aromatic nitrogens is 3. The van der Waals surface area contributed by atoms with Crippen LogP contribution in [-0.4, -0.2) is 59.9 Å². The maximum Gasteiger partial charge on any atom is 0.150 e. The molecular formula is C26H37N5O2S. The smallest absolute Gasteiger partial charge is 0.150 e. The summed E-state index contributed by atoms with van der Waals surface area (Å²) in [7, 11) is 0. The first kappa shape index (κ1) is 23.7. The highest BCUT2D eigenvalue weighted by Gasteiger charge is 2.33. The number of thiophene rings is 1. The zero-order valence-electron chi connectivity index (χ0n) is 21.0.